The molecule has 1 atom stereocenters. The molecular formula is C11H17NO2S. The van der Waals surface area contributed by atoms with Gasteiger partial charge in [0.25, 0.3) is 0 Å². The van der Waals surface area contributed by atoms with Crippen LogP contribution in [0.2, 0.25) is 0 Å². The molecule has 1 unspecified atom stereocenters. The number of hydrogen-bond acceptors (Lipinski definition) is 3. The fourth-order valence-electron chi connectivity index (χ4n) is 1.10. The molecule has 15 heavy (non-hydrogen) atoms. The third-order valence-electron chi connectivity index (χ3n) is 2.22. The zero-order valence-electron chi connectivity index (χ0n) is 9.06. The van der Waals surface area contributed by atoms with E-state index in [9.17, 15) is 9.90 Å². The lowest BCUT2D eigenvalue weighted by Crippen LogP contribution is -2.35. The summed E-state index contributed by atoms with van der Waals surface area (Å²) in [6.07, 6.45) is -0.0645. The molecule has 1 heterocycles. The number of aliphatic hydroxyl groups excluding tert-OH is 1. The maximum absolute atomic E-state index is 11.4. The summed E-state index contributed by atoms with van der Waals surface area (Å²) in [6.45, 7) is 4.19. The van der Waals surface area contributed by atoms with Crippen LogP contribution in [0.1, 0.15) is 19.4 Å². The van der Waals surface area contributed by atoms with E-state index < -0.39 is 6.10 Å². The largest absolute Gasteiger partial charge is 0.391 e. The van der Waals surface area contributed by atoms with Crippen LogP contribution in [0.5, 0.6) is 0 Å². The van der Waals surface area contributed by atoms with Gasteiger partial charge in [0.05, 0.1) is 12.5 Å². The Hall–Kier alpha value is -0.870. The number of aliphatic hydroxyl groups is 1. The molecule has 1 aromatic rings. The fourth-order valence-corrected chi connectivity index (χ4v) is 1.76. The van der Waals surface area contributed by atoms with Crippen molar-refractivity contribution in [3.63, 3.8) is 0 Å². The van der Waals surface area contributed by atoms with Crippen LogP contribution in [0.3, 0.4) is 0 Å². The van der Waals surface area contributed by atoms with Crippen LogP contribution in [0.4, 0.5) is 0 Å². The van der Waals surface area contributed by atoms with Crippen molar-refractivity contribution in [2.75, 3.05) is 6.54 Å². The van der Waals surface area contributed by atoms with Crippen molar-refractivity contribution in [1.29, 1.82) is 0 Å². The number of amides is 1. The number of carbonyl (C=O) groups excluding carboxylic acids is 1. The van der Waals surface area contributed by atoms with Crippen LogP contribution in [0.15, 0.2) is 16.8 Å². The molecule has 1 rings (SSSR count). The van der Waals surface area contributed by atoms with Gasteiger partial charge in [-0.15, -0.1) is 0 Å². The average molecular weight is 227 g/mol. The Bertz CT molecular complexity index is 296. The molecule has 0 radical (unpaired) electrons. The van der Waals surface area contributed by atoms with E-state index in [2.05, 4.69) is 5.32 Å². The van der Waals surface area contributed by atoms with E-state index in [1.54, 1.807) is 11.3 Å². The predicted molar refractivity (Wildman–Crippen MR) is 61.9 cm³/mol. The molecule has 0 spiro atoms. The predicted octanol–water partition coefficient (Wildman–Crippen LogP) is 1.42. The molecule has 0 bridgehead atoms. The van der Waals surface area contributed by atoms with Crippen molar-refractivity contribution in [2.45, 2.75) is 26.4 Å². The summed E-state index contributed by atoms with van der Waals surface area (Å²) in [5.41, 5.74) is 1.02. The smallest absolute Gasteiger partial charge is 0.224 e. The van der Waals surface area contributed by atoms with Crippen LogP contribution in [0, 0.1) is 5.92 Å². The summed E-state index contributed by atoms with van der Waals surface area (Å²) >= 11 is 1.58. The van der Waals surface area contributed by atoms with Crippen LogP contribution in [-0.2, 0) is 11.2 Å². The van der Waals surface area contributed by atoms with Gasteiger partial charge in [0.15, 0.2) is 0 Å². The summed E-state index contributed by atoms with van der Waals surface area (Å²) in [6, 6.07) is 1.93. The molecule has 0 saturated heterocycles. The van der Waals surface area contributed by atoms with Gasteiger partial charge in [-0.25, -0.2) is 0 Å². The molecular weight excluding hydrogens is 210 g/mol. The Morgan fingerprint density at radius 2 is 2.33 bits per heavy atom. The monoisotopic (exact) mass is 227 g/mol. The Morgan fingerprint density at radius 3 is 2.87 bits per heavy atom. The van der Waals surface area contributed by atoms with Gasteiger partial charge in [-0.2, -0.15) is 11.3 Å². The first-order valence-corrected chi connectivity index (χ1v) is 5.99. The van der Waals surface area contributed by atoms with Gasteiger partial charge >= 0.3 is 0 Å². The minimum absolute atomic E-state index is 0.0342. The molecule has 84 valence electrons. The lowest BCUT2D eigenvalue weighted by Gasteiger charge is -2.14. The zero-order chi connectivity index (χ0) is 11.3. The first kappa shape index (κ1) is 12.2. The highest BCUT2D eigenvalue weighted by atomic mass is 32.1. The molecule has 1 aromatic heterocycles. The van der Waals surface area contributed by atoms with Gasteiger partial charge in [0.1, 0.15) is 0 Å². The Morgan fingerprint density at radius 1 is 1.60 bits per heavy atom. The Balaban J connectivity index is 2.25. The standard InChI is InChI=1S/C11H17NO2S/c1-8(2)10(13)6-12-11(14)5-9-3-4-15-7-9/h3-4,7-8,10,13H,5-6H2,1-2H3,(H,12,14). The maximum atomic E-state index is 11.4. The summed E-state index contributed by atoms with van der Waals surface area (Å²) in [7, 11) is 0. The van der Waals surface area contributed by atoms with Crippen LogP contribution in [0.25, 0.3) is 0 Å². The van der Waals surface area contributed by atoms with Crippen molar-refractivity contribution >= 4 is 17.2 Å². The molecule has 3 nitrogen and oxygen atoms in total. The molecule has 0 aliphatic carbocycles. The van der Waals surface area contributed by atoms with Gasteiger partial charge in [-0.3, -0.25) is 4.79 Å². The molecule has 0 aromatic carbocycles. The van der Waals surface area contributed by atoms with E-state index in [1.165, 1.54) is 0 Å². The minimum atomic E-state index is -0.462. The minimum Gasteiger partial charge on any atom is -0.391 e. The van der Waals surface area contributed by atoms with Gasteiger partial charge in [0.2, 0.25) is 5.91 Å². The van der Waals surface area contributed by atoms with Crippen molar-refractivity contribution < 1.29 is 9.90 Å². The SMILES string of the molecule is CC(C)C(O)CNC(=O)Cc1ccsc1. The van der Waals surface area contributed by atoms with Crippen molar-refractivity contribution in [2.24, 2.45) is 5.92 Å². The zero-order valence-corrected chi connectivity index (χ0v) is 9.88. The second-order valence-electron chi connectivity index (χ2n) is 3.92. The number of nitrogens with one attached hydrogen (secondary N) is 1. The first-order valence-electron chi connectivity index (χ1n) is 5.05. The second kappa shape index (κ2) is 5.88. The Kier molecular flexibility index (Phi) is 4.78. The average Bonchev–Trinajstić information content (AvgIpc) is 2.66. The van der Waals surface area contributed by atoms with Crippen molar-refractivity contribution in [3.05, 3.63) is 22.4 Å². The summed E-state index contributed by atoms with van der Waals surface area (Å²) < 4.78 is 0. The lowest BCUT2D eigenvalue weighted by molar-refractivity contribution is -0.121. The van der Waals surface area contributed by atoms with Crippen molar-refractivity contribution in [1.82, 2.24) is 5.32 Å². The van der Waals surface area contributed by atoms with Gasteiger partial charge in [-0.1, -0.05) is 13.8 Å². The van der Waals surface area contributed by atoms with Crippen LogP contribution in [-0.4, -0.2) is 23.7 Å². The maximum Gasteiger partial charge on any atom is 0.224 e. The van der Waals surface area contributed by atoms with E-state index in [0.717, 1.165) is 5.56 Å². The lowest BCUT2D eigenvalue weighted by atomic mass is 10.1. The number of carbonyl (C=O) groups is 1. The van der Waals surface area contributed by atoms with E-state index in [0.29, 0.717) is 13.0 Å². The molecule has 0 fully saturated rings. The van der Waals surface area contributed by atoms with Gasteiger partial charge < -0.3 is 10.4 Å². The van der Waals surface area contributed by atoms with E-state index in [-0.39, 0.29) is 11.8 Å². The highest BCUT2D eigenvalue weighted by molar-refractivity contribution is 7.07. The van der Waals surface area contributed by atoms with E-state index in [1.807, 2.05) is 30.7 Å². The number of hydrogen-bond donors (Lipinski definition) is 2. The van der Waals surface area contributed by atoms with Gasteiger partial charge in [-0.05, 0) is 28.3 Å². The highest BCUT2D eigenvalue weighted by Gasteiger charge is 2.10. The topological polar surface area (TPSA) is 49.3 Å². The number of thiophene rings is 1. The van der Waals surface area contributed by atoms with E-state index >= 15 is 0 Å². The summed E-state index contributed by atoms with van der Waals surface area (Å²) in [5, 5.41) is 16.1. The fraction of sp³-hybridized carbons (Fsp3) is 0.545. The molecule has 0 aliphatic heterocycles. The first-order chi connectivity index (χ1) is 7.09. The quantitative estimate of drug-likeness (QED) is 0.799. The van der Waals surface area contributed by atoms with Crippen LogP contribution < -0.4 is 5.32 Å². The summed E-state index contributed by atoms with van der Waals surface area (Å²) in [5.74, 6) is 0.138. The Labute approximate surface area is 94.1 Å². The van der Waals surface area contributed by atoms with Crippen LogP contribution >= 0.6 is 11.3 Å². The normalized spacial score (nSPS) is 12.8. The van der Waals surface area contributed by atoms with Crippen molar-refractivity contribution in [3.8, 4) is 0 Å². The van der Waals surface area contributed by atoms with E-state index in [4.69, 9.17) is 0 Å². The molecule has 2 N–H and O–H groups in total. The van der Waals surface area contributed by atoms with Gasteiger partial charge in [0, 0.05) is 6.54 Å². The second-order valence-corrected chi connectivity index (χ2v) is 4.70. The number of rotatable bonds is 5. The molecule has 4 heteroatoms. The molecule has 0 saturated carbocycles. The third-order valence-corrected chi connectivity index (χ3v) is 2.95. The third kappa shape index (κ3) is 4.44. The summed E-state index contributed by atoms with van der Waals surface area (Å²) in [4.78, 5) is 11.4. The molecule has 1 amide bonds. The molecule has 0 aliphatic rings. The highest BCUT2D eigenvalue weighted by Crippen LogP contribution is 2.06.